The van der Waals surface area contributed by atoms with Gasteiger partial charge in [0.15, 0.2) is 0 Å². The molecule has 1 aliphatic carbocycles. The van der Waals surface area contributed by atoms with Crippen LogP contribution in [0.15, 0.2) is 0 Å². The van der Waals surface area contributed by atoms with E-state index in [1.165, 1.54) is 0 Å². The topological polar surface area (TPSA) is 80.4 Å². The highest BCUT2D eigenvalue weighted by atomic mass is 32.2. The lowest BCUT2D eigenvalue weighted by atomic mass is 9.87. The molecule has 2 atom stereocenters. The highest BCUT2D eigenvalue weighted by molar-refractivity contribution is 7.85. The summed E-state index contributed by atoms with van der Waals surface area (Å²) >= 11 is 0. The fourth-order valence-corrected chi connectivity index (χ4v) is 3.71. The predicted octanol–water partition coefficient (Wildman–Crippen LogP) is 0.885. The van der Waals surface area contributed by atoms with E-state index < -0.39 is 15.5 Å². The quantitative estimate of drug-likeness (QED) is 0.693. The van der Waals surface area contributed by atoms with E-state index in [-0.39, 0.29) is 5.75 Å². The first-order chi connectivity index (χ1) is 6.28. The van der Waals surface area contributed by atoms with Gasteiger partial charge < -0.3 is 5.73 Å². The molecule has 1 aliphatic rings. The molecule has 0 aliphatic heterocycles. The molecule has 1 rings (SSSR count). The third-order valence-corrected chi connectivity index (χ3v) is 4.38. The molecule has 5 heteroatoms. The third kappa shape index (κ3) is 2.68. The largest absolute Gasteiger partial charge is 0.330 e. The Labute approximate surface area is 85.6 Å². The van der Waals surface area contributed by atoms with Crippen LogP contribution in [-0.4, -0.2) is 25.3 Å². The van der Waals surface area contributed by atoms with E-state index >= 15 is 0 Å². The fraction of sp³-hybridized carbons (Fsp3) is 1.00. The molecule has 0 bridgehead atoms. The van der Waals surface area contributed by atoms with Crippen molar-refractivity contribution in [1.82, 2.24) is 0 Å². The van der Waals surface area contributed by atoms with Gasteiger partial charge in [0, 0.05) is 0 Å². The standard InChI is InChI=1S/C9H19NO3S/c1-7-3-9(5-10,4-8(7)2)6-14(11,12)13/h7-8H,3-6,10H2,1-2H3,(H,11,12,13). The number of hydrogen-bond donors (Lipinski definition) is 2. The van der Waals surface area contributed by atoms with Crippen LogP contribution in [0.1, 0.15) is 26.7 Å². The smallest absolute Gasteiger partial charge is 0.265 e. The van der Waals surface area contributed by atoms with E-state index in [0.29, 0.717) is 18.4 Å². The molecule has 1 fully saturated rings. The van der Waals surface area contributed by atoms with Crippen LogP contribution in [0, 0.1) is 17.3 Å². The minimum atomic E-state index is -3.90. The molecular weight excluding hydrogens is 202 g/mol. The molecule has 1 saturated carbocycles. The van der Waals surface area contributed by atoms with Crippen molar-refractivity contribution >= 4 is 10.1 Å². The highest BCUT2D eigenvalue weighted by Crippen LogP contribution is 2.45. The van der Waals surface area contributed by atoms with Gasteiger partial charge in [-0.25, -0.2) is 0 Å². The molecule has 0 aromatic heterocycles. The van der Waals surface area contributed by atoms with Crippen LogP contribution in [0.4, 0.5) is 0 Å². The average molecular weight is 221 g/mol. The lowest BCUT2D eigenvalue weighted by molar-refractivity contribution is 0.324. The summed E-state index contributed by atoms with van der Waals surface area (Å²) in [6.45, 7) is 4.54. The second-order valence-electron chi connectivity index (χ2n) is 4.79. The second kappa shape index (κ2) is 3.79. The highest BCUT2D eigenvalue weighted by Gasteiger charge is 2.43. The predicted molar refractivity (Wildman–Crippen MR) is 55.5 cm³/mol. The maximum absolute atomic E-state index is 10.9. The van der Waals surface area contributed by atoms with Crippen molar-refractivity contribution in [2.45, 2.75) is 26.7 Å². The van der Waals surface area contributed by atoms with Gasteiger partial charge in [0.2, 0.25) is 0 Å². The van der Waals surface area contributed by atoms with Crippen molar-refractivity contribution in [2.75, 3.05) is 12.3 Å². The number of hydrogen-bond acceptors (Lipinski definition) is 3. The van der Waals surface area contributed by atoms with Crippen LogP contribution in [0.25, 0.3) is 0 Å². The Kier molecular flexibility index (Phi) is 3.23. The molecule has 0 amide bonds. The van der Waals surface area contributed by atoms with E-state index in [9.17, 15) is 8.42 Å². The first-order valence-electron chi connectivity index (χ1n) is 4.93. The van der Waals surface area contributed by atoms with Crippen molar-refractivity contribution in [3.05, 3.63) is 0 Å². The average Bonchev–Trinajstić information content (AvgIpc) is 2.25. The van der Waals surface area contributed by atoms with E-state index in [2.05, 4.69) is 13.8 Å². The van der Waals surface area contributed by atoms with Gasteiger partial charge in [-0.05, 0) is 36.6 Å². The summed E-state index contributed by atoms with van der Waals surface area (Å²) in [4.78, 5) is 0. The summed E-state index contributed by atoms with van der Waals surface area (Å²) in [7, 11) is -3.90. The van der Waals surface area contributed by atoms with Gasteiger partial charge in [0.1, 0.15) is 0 Å². The summed E-state index contributed by atoms with van der Waals surface area (Å²) in [5, 5.41) is 0. The van der Waals surface area contributed by atoms with Crippen LogP contribution in [0.5, 0.6) is 0 Å². The van der Waals surface area contributed by atoms with Gasteiger partial charge in [0.25, 0.3) is 10.1 Å². The molecule has 0 aromatic rings. The Balaban J connectivity index is 2.80. The third-order valence-electron chi connectivity index (χ3n) is 3.40. The Morgan fingerprint density at radius 3 is 2.07 bits per heavy atom. The second-order valence-corrected chi connectivity index (χ2v) is 6.25. The fourth-order valence-electron chi connectivity index (χ4n) is 2.58. The van der Waals surface area contributed by atoms with Crippen molar-refractivity contribution in [3.8, 4) is 0 Å². The maximum atomic E-state index is 10.9. The molecule has 0 heterocycles. The van der Waals surface area contributed by atoms with Gasteiger partial charge in [-0.2, -0.15) is 8.42 Å². The van der Waals surface area contributed by atoms with Gasteiger partial charge >= 0.3 is 0 Å². The maximum Gasteiger partial charge on any atom is 0.265 e. The first-order valence-corrected chi connectivity index (χ1v) is 6.54. The van der Waals surface area contributed by atoms with Crippen molar-refractivity contribution in [3.63, 3.8) is 0 Å². The van der Waals surface area contributed by atoms with Crippen molar-refractivity contribution in [2.24, 2.45) is 23.0 Å². The summed E-state index contributed by atoms with van der Waals surface area (Å²) in [5.41, 5.74) is 5.23. The van der Waals surface area contributed by atoms with Crippen LogP contribution in [0.2, 0.25) is 0 Å². The van der Waals surface area contributed by atoms with Crippen molar-refractivity contribution < 1.29 is 13.0 Å². The summed E-state index contributed by atoms with van der Waals surface area (Å²) in [5.74, 6) is 0.783. The summed E-state index contributed by atoms with van der Waals surface area (Å²) in [6, 6.07) is 0. The SMILES string of the molecule is CC1CC(CN)(CS(=O)(=O)O)CC1C. The lowest BCUT2D eigenvalue weighted by Crippen LogP contribution is -2.35. The zero-order chi connectivity index (χ0) is 11.0. The van der Waals surface area contributed by atoms with Crippen LogP contribution >= 0.6 is 0 Å². The molecule has 3 N–H and O–H groups in total. The number of rotatable bonds is 3. The normalized spacial score (nSPS) is 38.9. The van der Waals surface area contributed by atoms with E-state index in [1.54, 1.807) is 0 Å². The first kappa shape index (κ1) is 11.9. The minimum Gasteiger partial charge on any atom is -0.330 e. The Morgan fingerprint density at radius 2 is 1.79 bits per heavy atom. The van der Waals surface area contributed by atoms with Crippen molar-refractivity contribution in [1.29, 1.82) is 0 Å². The molecular formula is C9H19NO3S. The molecule has 84 valence electrons. The van der Waals surface area contributed by atoms with Crippen LogP contribution in [-0.2, 0) is 10.1 Å². The van der Waals surface area contributed by atoms with Gasteiger partial charge in [-0.1, -0.05) is 13.8 Å². The molecule has 0 saturated heterocycles. The van der Waals surface area contributed by atoms with E-state index in [4.69, 9.17) is 10.3 Å². The van der Waals surface area contributed by atoms with Gasteiger partial charge in [-0.3, -0.25) is 4.55 Å². The van der Waals surface area contributed by atoms with E-state index in [1.807, 2.05) is 0 Å². The van der Waals surface area contributed by atoms with Gasteiger partial charge in [0.05, 0.1) is 5.75 Å². The Bertz CT molecular complexity index is 289. The summed E-state index contributed by atoms with van der Waals surface area (Å²) in [6.07, 6.45) is 1.59. The molecule has 0 radical (unpaired) electrons. The Hall–Kier alpha value is -0.130. The number of nitrogens with two attached hydrogens (primary N) is 1. The molecule has 2 unspecified atom stereocenters. The molecule has 0 spiro atoms. The zero-order valence-electron chi connectivity index (χ0n) is 8.73. The summed E-state index contributed by atoms with van der Waals surface area (Å²) < 4.78 is 30.6. The Morgan fingerprint density at radius 1 is 1.36 bits per heavy atom. The molecule has 14 heavy (non-hydrogen) atoms. The molecule has 4 nitrogen and oxygen atoms in total. The van der Waals surface area contributed by atoms with Gasteiger partial charge in [-0.15, -0.1) is 0 Å². The zero-order valence-corrected chi connectivity index (χ0v) is 9.55. The van der Waals surface area contributed by atoms with Crippen LogP contribution in [0.3, 0.4) is 0 Å². The minimum absolute atomic E-state index is 0.189. The monoisotopic (exact) mass is 221 g/mol. The lowest BCUT2D eigenvalue weighted by Gasteiger charge is -2.25. The van der Waals surface area contributed by atoms with Crippen LogP contribution < -0.4 is 5.73 Å². The molecule has 0 aromatic carbocycles. The van der Waals surface area contributed by atoms with E-state index in [0.717, 1.165) is 12.8 Å².